The van der Waals surface area contributed by atoms with Gasteiger partial charge in [0, 0.05) is 44.3 Å². The minimum absolute atomic E-state index is 0.0731. The third kappa shape index (κ3) is 4.56. The maximum atomic E-state index is 12.5. The molecule has 0 unspecified atom stereocenters. The summed E-state index contributed by atoms with van der Waals surface area (Å²) in [6.07, 6.45) is 7.32. The molecule has 1 saturated carbocycles. The van der Waals surface area contributed by atoms with Crippen molar-refractivity contribution in [2.45, 2.75) is 70.4 Å². The van der Waals surface area contributed by atoms with Crippen LogP contribution in [0.1, 0.15) is 73.8 Å². The number of amides is 1. The number of carbonyl (C=O) groups is 1. The van der Waals surface area contributed by atoms with Gasteiger partial charge in [-0.15, -0.1) is 0 Å². The van der Waals surface area contributed by atoms with Crippen LogP contribution in [0, 0.1) is 11.3 Å². The number of methoxy groups -OCH3 is 1. The fourth-order valence-corrected chi connectivity index (χ4v) is 5.38. The number of hydrogen-bond acceptors (Lipinski definition) is 6. The Labute approximate surface area is 185 Å². The van der Waals surface area contributed by atoms with Gasteiger partial charge in [0.25, 0.3) is 0 Å². The van der Waals surface area contributed by atoms with E-state index in [1.54, 1.807) is 7.11 Å². The van der Waals surface area contributed by atoms with Crippen molar-refractivity contribution in [2.24, 2.45) is 0 Å². The molecule has 0 radical (unpaired) electrons. The third-order valence-electron chi connectivity index (χ3n) is 7.04. The van der Waals surface area contributed by atoms with E-state index < -0.39 is 0 Å². The van der Waals surface area contributed by atoms with Crippen LogP contribution in [0.2, 0.25) is 0 Å². The Morgan fingerprint density at radius 3 is 2.77 bits per heavy atom. The Morgan fingerprint density at radius 1 is 1.26 bits per heavy atom. The van der Waals surface area contributed by atoms with Gasteiger partial charge in [-0.2, -0.15) is 5.26 Å². The van der Waals surface area contributed by atoms with E-state index in [1.807, 2.05) is 4.90 Å². The van der Waals surface area contributed by atoms with Crippen LogP contribution in [0.25, 0.3) is 0 Å². The summed E-state index contributed by atoms with van der Waals surface area (Å²) in [4.78, 5) is 21.9. The molecule has 1 amide bonds. The van der Waals surface area contributed by atoms with E-state index >= 15 is 0 Å². The summed E-state index contributed by atoms with van der Waals surface area (Å²) in [5.74, 6) is 1.41. The molecule has 0 N–H and O–H groups in total. The number of hydrogen-bond donors (Lipinski definition) is 0. The first-order valence-electron chi connectivity index (χ1n) is 11.7. The quantitative estimate of drug-likeness (QED) is 0.720. The van der Waals surface area contributed by atoms with Crippen molar-refractivity contribution in [1.29, 1.82) is 5.26 Å². The molecule has 1 aromatic heterocycles. The lowest BCUT2D eigenvalue weighted by Crippen LogP contribution is -2.54. The van der Waals surface area contributed by atoms with Crippen LogP contribution in [-0.2, 0) is 27.3 Å². The van der Waals surface area contributed by atoms with Gasteiger partial charge in [0.2, 0.25) is 5.91 Å². The van der Waals surface area contributed by atoms with Crippen LogP contribution in [0.4, 0.5) is 5.82 Å². The normalized spacial score (nSPS) is 22.2. The topological polar surface area (TPSA) is 78.7 Å². The highest BCUT2D eigenvalue weighted by molar-refractivity contribution is 5.77. The summed E-state index contributed by atoms with van der Waals surface area (Å²) in [6.45, 7) is 5.80. The minimum atomic E-state index is 0.0731. The number of nitrogens with zero attached hydrogens (tertiary/aromatic N) is 4. The fourth-order valence-electron chi connectivity index (χ4n) is 5.38. The molecule has 168 valence electrons. The maximum absolute atomic E-state index is 12.5. The van der Waals surface area contributed by atoms with Crippen LogP contribution in [-0.4, -0.2) is 61.8 Å². The van der Waals surface area contributed by atoms with Gasteiger partial charge in [0.15, 0.2) is 0 Å². The summed E-state index contributed by atoms with van der Waals surface area (Å²) >= 11 is 0. The number of rotatable bonds is 5. The Bertz CT molecular complexity index is 844. The van der Waals surface area contributed by atoms with Crippen molar-refractivity contribution in [3.05, 3.63) is 22.4 Å². The van der Waals surface area contributed by atoms with E-state index in [1.165, 1.54) is 37.7 Å². The van der Waals surface area contributed by atoms with Crippen LogP contribution in [0.5, 0.6) is 0 Å². The summed E-state index contributed by atoms with van der Waals surface area (Å²) in [6, 6.07) is 2.54. The van der Waals surface area contributed by atoms with Crippen molar-refractivity contribution in [3.8, 4) is 6.07 Å². The fraction of sp³-hybridized carbons (Fsp3) is 0.708. The van der Waals surface area contributed by atoms with Gasteiger partial charge in [-0.3, -0.25) is 4.79 Å². The lowest BCUT2D eigenvalue weighted by molar-refractivity contribution is -0.134. The molecule has 0 aromatic carbocycles. The first-order valence-corrected chi connectivity index (χ1v) is 11.7. The highest BCUT2D eigenvalue weighted by Crippen LogP contribution is 2.39. The molecule has 31 heavy (non-hydrogen) atoms. The van der Waals surface area contributed by atoms with Crippen molar-refractivity contribution in [1.82, 2.24) is 9.88 Å². The second kappa shape index (κ2) is 9.97. The molecule has 4 rings (SSSR count). The second-order valence-electron chi connectivity index (χ2n) is 9.03. The van der Waals surface area contributed by atoms with Crippen molar-refractivity contribution < 1.29 is 14.3 Å². The number of ether oxygens (including phenoxy) is 2. The summed E-state index contributed by atoms with van der Waals surface area (Å²) in [5, 5.41) is 10.1. The van der Waals surface area contributed by atoms with E-state index in [0.717, 1.165) is 23.5 Å². The van der Waals surface area contributed by atoms with Crippen LogP contribution < -0.4 is 4.90 Å². The average Bonchev–Trinajstić information content (AvgIpc) is 2.81. The number of aromatic nitrogens is 1. The van der Waals surface area contributed by atoms with E-state index in [0.29, 0.717) is 57.4 Å². The largest absolute Gasteiger partial charge is 0.384 e. The lowest BCUT2D eigenvalue weighted by atomic mass is 9.82. The summed E-state index contributed by atoms with van der Waals surface area (Å²) < 4.78 is 10.9. The lowest BCUT2D eigenvalue weighted by Gasteiger charge is -2.41. The molecule has 0 spiro atoms. The second-order valence-corrected chi connectivity index (χ2v) is 9.03. The molecular weight excluding hydrogens is 392 g/mol. The number of nitriles is 1. The van der Waals surface area contributed by atoms with Crippen LogP contribution in [0.15, 0.2) is 0 Å². The molecule has 1 atom stereocenters. The first kappa shape index (κ1) is 22.0. The zero-order valence-electron chi connectivity index (χ0n) is 18.9. The molecule has 2 aliphatic heterocycles. The molecule has 7 nitrogen and oxygen atoms in total. The monoisotopic (exact) mass is 426 g/mol. The van der Waals surface area contributed by atoms with E-state index in [-0.39, 0.29) is 11.9 Å². The smallest absolute Gasteiger partial charge is 0.225 e. The van der Waals surface area contributed by atoms with Gasteiger partial charge in [0.1, 0.15) is 11.9 Å². The highest BCUT2D eigenvalue weighted by Gasteiger charge is 2.33. The van der Waals surface area contributed by atoms with Gasteiger partial charge in [-0.05, 0) is 31.7 Å². The standard InChI is InChI=1S/C24H34N4O3/c1-17-15-27(10-11-28(17)22(29)9-12-30-2)24-20(14-25)19-8-13-31-16-21(19)23(26-24)18-6-4-3-5-7-18/h17-18H,3-13,15-16H2,1-2H3/t17-/m1/s1. The molecular formula is C24H34N4O3. The summed E-state index contributed by atoms with van der Waals surface area (Å²) in [5.41, 5.74) is 4.18. The molecule has 1 aromatic rings. The number of carbonyl (C=O) groups excluding carboxylic acids is 1. The molecule has 3 heterocycles. The van der Waals surface area contributed by atoms with Crippen molar-refractivity contribution in [3.63, 3.8) is 0 Å². The predicted molar refractivity (Wildman–Crippen MR) is 118 cm³/mol. The Balaban J connectivity index is 1.63. The van der Waals surface area contributed by atoms with Gasteiger partial charge in [-0.1, -0.05) is 19.3 Å². The molecule has 0 bridgehead atoms. The van der Waals surface area contributed by atoms with Crippen LogP contribution >= 0.6 is 0 Å². The van der Waals surface area contributed by atoms with Crippen molar-refractivity contribution >= 4 is 11.7 Å². The summed E-state index contributed by atoms with van der Waals surface area (Å²) in [7, 11) is 1.62. The average molecular weight is 427 g/mol. The zero-order valence-corrected chi connectivity index (χ0v) is 18.9. The van der Waals surface area contributed by atoms with Gasteiger partial charge >= 0.3 is 0 Å². The maximum Gasteiger partial charge on any atom is 0.225 e. The SMILES string of the molecule is COCCC(=O)N1CCN(c2nc(C3CCCCC3)c3c(c2C#N)CCOC3)C[C@H]1C. The van der Waals surface area contributed by atoms with Crippen molar-refractivity contribution in [2.75, 3.05) is 44.9 Å². The van der Waals surface area contributed by atoms with E-state index in [9.17, 15) is 10.1 Å². The van der Waals surface area contributed by atoms with Gasteiger partial charge in [-0.25, -0.2) is 4.98 Å². The zero-order chi connectivity index (χ0) is 21.8. The third-order valence-corrected chi connectivity index (χ3v) is 7.04. The predicted octanol–water partition coefficient (Wildman–Crippen LogP) is 3.15. The Morgan fingerprint density at radius 2 is 2.06 bits per heavy atom. The number of fused-ring (bicyclic) bond motifs is 1. The van der Waals surface area contributed by atoms with E-state index in [4.69, 9.17) is 14.5 Å². The molecule has 2 fully saturated rings. The number of pyridine rings is 1. The molecule has 1 aliphatic carbocycles. The van der Waals surface area contributed by atoms with Gasteiger partial charge in [0.05, 0.1) is 37.5 Å². The van der Waals surface area contributed by atoms with Crippen LogP contribution in [0.3, 0.4) is 0 Å². The highest BCUT2D eigenvalue weighted by atomic mass is 16.5. The molecule has 7 heteroatoms. The Kier molecular flexibility index (Phi) is 7.09. The molecule has 1 saturated heterocycles. The minimum Gasteiger partial charge on any atom is -0.384 e. The van der Waals surface area contributed by atoms with E-state index in [2.05, 4.69) is 17.9 Å². The number of piperazine rings is 1. The molecule has 3 aliphatic rings. The number of anilines is 1. The van der Waals surface area contributed by atoms with Gasteiger partial charge < -0.3 is 19.3 Å². The Hall–Kier alpha value is -2.17. The first-order chi connectivity index (χ1) is 15.1.